The van der Waals surface area contributed by atoms with Crippen LogP contribution in [0.4, 0.5) is 0 Å². The second-order valence-corrected chi connectivity index (χ2v) is 2.39. The average Bonchev–Trinajstić information content (AvgIpc) is 2.16. The van der Waals surface area contributed by atoms with Gasteiger partial charge >= 0.3 is 5.97 Å². The Kier molecular flexibility index (Phi) is 2.79. The molecule has 0 fully saturated rings. The first-order valence-electron chi connectivity index (χ1n) is 3.65. The van der Waals surface area contributed by atoms with Crippen LogP contribution in [0.2, 0.25) is 0 Å². The highest BCUT2D eigenvalue weighted by Crippen LogP contribution is 2.15. The Hall–Kier alpha value is -1.65. The molecular weight excluding hydrogens is 172 g/mol. The summed E-state index contributed by atoms with van der Waals surface area (Å²) in [5, 5.41) is 7.40. The van der Waals surface area contributed by atoms with Crippen LogP contribution in [0.5, 0.6) is 5.75 Å². The van der Waals surface area contributed by atoms with Crippen LogP contribution in [0.3, 0.4) is 0 Å². The number of carbonyl (C=O) groups is 1. The van der Waals surface area contributed by atoms with Crippen molar-refractivity contribution in [3.05, 3.63) is 17.5 Å². The Morgan fingerprint density at radius 3 is 2.62 bits per heavy atom. The Morgan fingerprint density at radius 1 is 1.38 bits per heavy atom. The van der Waals surface area contributed by atoms with E-state index < -0.39 is 5.97 Å². The summed E-state index contributed by atoms with van der Waals surface area (Å²) in [5.74, 6) is -0.177. The molecule has 0 amide bonds. The molecule has 5 nitrogen and oxygen atoms in total. The van der Waals surface area contributed by atoms with E-state index in [0.717, 1.165) is 0 Å². The Balaban J connectivity index is 3.13. The molecule has 0 aliphatic rings. The van der Waals surface area contributed by atoms with E-state index in [0.29, 0.717) is 11.4 Å². The van der Waals surface area contributed by atoms with Crippen molar-refractivity contribution in [2.45, 2.75) is 6.92 Å². The highest BCUT2D eigenvalue weighted by atomic mass is 16.5. The molecule has 0 spiro atoms. The van der Waals surface area contributed by atoms with Crippen LogP contribution in [0, 0.1) is 6.92 Å². The summed E-state index contributed by atoms with van der Waals surface area (Å²) < 4.78 is 9.44. The lowest BCUT2D eigenvalue weighted by atomic mass is 10.3. The molecule has 70 valence electrons. The second-order valence-electron chi connectivity index (χ2n) is 2.39. The van der Waals surface area contributed by atoms with Gasteiger partial charge in [-0.05, 0) is 6.92 Å². The maximum absolute atomic E-state index is 11.1. The van der Waals surface area contributed by atoms with Gasteiger partial charge in [0.25, 0.3) is 0 Å². The lowest BCUT2D eigenvalue weighted by Crippen LogP contribution is -2.08. The van der Waals surface area contributed by atoms with Gasteiger partial charge in [0.05, 0.1) is 19.9 Å². The van der Waals surface area contributed by atoms with Crippen molar-refractivity contribution in [1.29, 1.82) is 0 Å². The second kappa shape index (κ2) is 3.84. The van der Waals surface area contributed by atoms with E-state index in [-0.39, 0.29) is 5.69 Å². The smallest absolute Gasteiger partial charge is 0.362 e. The maximum atomic E-state index is 11.1. The highest BCUT2D eigenvalue weighted by Gasteiger charge is 2.15. The Morgan fingerprint density at radius 2 is 2.08 bits per heavy atom. The molecule has 0 unspecified atom stereocenters. The number of rotatable bonds is 2. The van der Waals surface area contributed by atoms with Gasteiger partial charge in [-0.2, -0.15) is 5.10 Å². The number of nitrogens with zero attached hydrogens (tertiary/aromatic N) is 2. The minimum atomic E-state index is -0.552. The number of hydrogen-bond acceptors (Lipinski definition) is 5. The van der Waals surface area contributed by atoms with Crippen molar-refractivity contribution in [1.82, 2.24) is 10.2 Å². The van der Waals surface area contributed by atoms with Crippen LogP contribution in [-0.4, -0.2) is 30.4 Å². The molecule has 0 N–H and O–H groups in total. The third-order valence-corrected chi connectivity index (χ3v) is 1.48. The largest absolute Gasteiger partial charge is 0.494 e. The van der Waals surface area contributed by atoms with Gasteiger partial charge in [0, 0.05) is 6.07 Å². The topological polar surface area (TPSA) is 61.3 Å². The maximum Gasteiger partial charge on any atom is 0.362 e. The standard InChI is InChI=1S/C8H10N2O3/c1-5-4-6(12-2)7(10-9-5)8(11)13-3/h4H,1-3H3. The molecule has 1 aromatic heterocycles. The molecule has 0 aromatic carbocycles. The number of esters is 1. The van der Waals surface area contributed by atoms with Gasteiger partial charge in [0.2, 0.25) is 5.69 Å². The quantitative estimate of drug-likeness (QED) is 0.626. The summed E-state index contributed by atoms with van der Waals surface area (Å²) in [4.78, 5) is 11.1. The van der Waals surface area contributed by atoms with Crippen LogP contribution in [-0.2, 0) is 4.74 Å². The third-order valence-electron chi connectivity index (χ3n) is 1.48. The van der Waals surface area contributed by atoms with Gasteiger partial charge in [-0.25, -0.2) is 4.79 Å². The molecule has 13 heavy (non-hydrogen) atoms. The van der Waals surface area contributed by atoms with Crippen molar-refractivity contribution in [3.8, 4) is 5.75 Å². The monoisotopic (exact) mass is 182 g/mol. The van der Waals surface area contributed by atoms with Crippen LogP contribution in [0.1, 0.15) is 16.2 Å². The molecule has 1 heterocycles. The fourth-order valence-electron chi connectivity index (χ4n) is 0.859. The van der Waals surface area contributed by atoms with Gasteiger partial charge in [0.15, 0.2) is 5.75 Å². The lowest BCUT2D eigenvalue weighted by Gasteiger charge is -2.04. The third kappa shape index (κ3) is 1.93. The van der Waals surface area contributed by atoms with Crippen molar-refractivity contribution in [3.63, 3.8) is 0 Å². The number of carbonyl (C=O) groups excluding carboxylic acids is 1. The number of methoxy groups -OCH3 is 2. The summed E-state index contributed by atoms with van der Waals surface area (Å²) in [6.45, 7) is 1.76. The Labute approximate surface area is 75.7 Å². The van der Waals surface area contributed by atoms with Gasteiger partial charge in [0.1, 0.15) is 0 Å². The first kappa shape index (κ1) is 9.44. The highest BCUT2D eigenvalue weighted by molar-refractivity contribution is 5.89. The Bertz CT molecular complexity index is 325. The molecule has 5 heteroatoms. The number of aromatic nitrogens is 2. The van der Waals surface area contributed by atoms with Crippen molar-refractivity contribution in [2.75, 3.05) is 14.2 Å². The molecule has 0 aliphatic carbocycles. The fourth-order valence-corrected chi connectivity index (χ4v) is 0.859. The van der Waals surface area contributed by atoms with E-state index in [9.17, 15) is 4.79 Å². The molecule has 1 rings (SSSR count). The van der Waals surface area contributed by atoms with Gasteiger partial charge in [-0.1, -0.05) is 0 Å². The first-order chi connectivity index (χ1) is 6.19. The molecular formula is C8H10N2O3. The molecule has 0 radical (unpaired) electrons. The summed E-state index contributed by atoms with van der Waals surface area (Å²) in [7, 11) is 2.74. The lowest BCUT2D eigenvalue weighted by molar-refractivity contribution is 0.0588. The van der Waals surface area contributed by atoms with E-state index >= 15 is 0 Å². The summed E-state index contributed by atoms with van der Waals surface area (Å²) in [6.07, 6.45) is 0. The minimum Gasteiger partial charge on any atom is -0.494 e. The molecule has 0 atom stereocenters. The molecule has 0 aliphatic heterocycles. The van der Waals surface area contributed by atoms with Crippen LogP contribution < -0.4 is 4.74 Å². The molecule has 0 saturated heterocycles. The minimum absolute atomic E-state index is 0.0931. The van der Waals surface area contributed by atoms with E-state index in [1.807, 2.05) is 0 Å². The predicted molar refractivity (Wildman–Crippen MR) is 44.7 cm³/mol. The van der Waals surface area contributed by atoms with Gasteiger partial charge < -0.3 is 9.47 Å². The van der Waals surface area contributed by atoms with Gasteiger partial charge in [-0.15, -0.1) is 5.10 Å². The van der Waals surface area contributed by atoms with Crippen LogP contribution in [0.25, 0.3) is 0 Å². The number of hydrogen-bond donors (Lipinski definition) is 0. The first-order valence-corrected chi connectivity index (χ1v) is 3.65. The van der Waals surface area contributed by atoms with Crippen LogP contribution >= 0.6 is 0 Å². The van der Waals surface area contributed by atoms with E-state index in [1.165, 1.54) is 14.2 Å². The summed E-state index contributed by atoms with van der Waals surface area (Å²) in [6, 6.07) is 1.62. The zero-order valence-electron chi connectivity index (χ0n) is 7.70. The number of aryl methyl sites for hydroxylation is 1. The zero-order valence-corrected chi connectivity index (χ0v) is 7.70. The van der Waals surface area contributed by atoms with Crippen LogP contribution in [0.15, 0.2) is 6.07 Å². The fraction of sp³-hybridized carbons (Fsp3) is 0.375. The van der Waals surface area contributed by atoms with E-state index in [1.54, 1.807) is 13.0 Å². The van der Waals surface area contributed by atoms with E-state index in [2.05, 4.69) is 14.9 Å². The number of ether oxygens (including phenoxy) is 2. The zero-order chi connectivity index (χ0) is 9.84. The van der Waals surface area contributed by atoms with Crippen molar-refractivity contribution in [2.24, 2.45) is 0 Å². The summed E-state index contributed by atoms with van der Waals surface area (Å²) >= 11 is 0. The van der Waals surface area contributed by atoms with E-state index in [4.69, 9.17) is 4.74 Å². The van der Waals surface area contributed by atoms with Crippen molar-refractivity contribution < 1.29 is 14.3 Å². The average molecular weight is 182 g/mol. The summed E-state index contributed by atoms with van der Waals surface area (Å²) in [5.41, 5.74) is 0.778. The van der Waals surface area contributed by atoms with Gasteiger partial charge in [-0.3, -0.25) is 0 Å². The molecule has 1 aromatic rings. The van der Waals surface area contributed by atoms with Crippen molar-refractivity contribution >= 4 is 5.97 Å². The molecule has 0 saturated carbocycles. The normalized spacial score (nSPS) is 9.46. The SMILES string of the molecule is COC(=O)c1nnc(C)cc1OC. The molecule has 0 bridgehead atoms. The predicted octanol–water partition coefficient (Wildman–Crippen LogP) is 0.580.